The summed E-state index contributed by atoms with van der Waals surface area (Å²) in [6, 6.07) is 0.545. The molecule has 1 saturated heterocycles. The van der Waals surface area contributed by atoms with Gasteiger partial charge in [0.1, 0.15) is 0 Å². The Balaban J connectivity index is 2.08. The number of anilines is 1. The third kappa shape index (κ3) is 1.43. The van der Waals surface area contributed by atoms with Crippen LogP contribution in [0.1, 0.15) is 18.9 Å². The molecule has 0 unspecified atom stereocenters. The lowest BCUT2D eigenvalue weighted by Crippen LogP contribution is -2.29. The first-order chi connectivity index (χ1) is 5.86. The summed E-state index contributed by atoms with van der Waals surface area (Å²) in [4.78, 5) is 0. The normalized spacial score (nSPS) is 19.7. The molecule has 0 radical (unpaired) electrons. The Labute approximate surface area is 71.7 Å². The lowest BCUT2D eigenvalue weighted by Gasteiger charge is -2.22. The summed E-state index contributed by atoms with van der Waals surface area (Å²) >= 11 is 0. The molecule has 1 fully saturated rings. The number of nitrogens with two attached hydrogens (primary N) is 1. The predicted octanol–water partition coefficient (Wildman–Crippen LogP) is 0.390. The standard InChI is InChI=1S/C8H14N4/c9-7-5-11-12(6-7)8-1-3-10-4-2-8/h5-6,8,10H,1-4,9H2. The summed E-state index contributed by atoms with van der Waals surface area (Å²) in [6.07, 6.45) is 5.93. The van der Waals surface area contributed by atoms with Gasteiger partial charge in [0.25, 0.3) is 0 Å². The molecule has 4 nitrogen and oxygen atoms in total. The Hall–Kier alpha value is -1.03. The molecule has 0 aliphatic carbocycles. The summed E-state index contributed by atoms with van der Waals surface area (Å²) in [5.74, 6) is 0. The van der Waals surface area contributed by atoms with Crippen LogP contribution in [0.2, 0.25) is 0 Å². The van der Waals surface area contributed by atoms with Gasteiger partial charge in [0.2, 0.25) is 0 Å². The van der Waals surface area contributed by atoms with Crippen LogP contribution in [0.15, 0.2) is 12.4 Å². The lowest BCUT2D eigenvalue weighted by atomic mass is 10.1. The van der Waals surface area contributed by atoms with Crippen molar-refractivity contribution in [1.82, 2.24) is 15.1 Å². The monoisotopic (exact) mass is 166 g/mol. The van der Waals surface area contributed by atoms with Crippen molar-refractivity contribution >= 4 is 5.69 Å². The fourth-order valence-corrected chi connectivity index (χ4v) is 1.62. The molecule has 1 aliphatic heterocycles. The van der Waals surface area contributed by atoms with E-state index in [1.54, 1.807) is 6.20 Å². The molecule has 2 rings (SSSR count). The van der Waals surface area contributed by atoms with Gasteiger partial charge >= 0.3 is 0 Å². The molecule has 0 atom stereocenters. The maximum atomic E-state index is 5.59. The number of hydrogen-bond acceptors (Lipinski definition) is 3. The molecular weight excluding hydrogens is 152 g/mol. The van der Waals surface area contributed by atoms with Crippen molar-refractivity contribution in [2.75, 3.05) is 18.8 Å². The molecule has 1 aromatic rings. The number of nitrogens with zero attached hydrogens (tertiary/aromatic N) is 2. The number of nitrogens with one attached hydrogen (secondary N) is 1. The van der Waals surface area contributed by atoms with Gasteiger partial charge in [-0.1, -0.05) is 0 Å². The summed E-state index contributed by atoms with van der Waals surface area (Å²) < 4.78 is 1.98. The van der Waals surface area contributed by atoms with Gasteiger partial charge in [-0.3, -0.25) is 4.68 Å². The van der Waals surface area contributed by atoms with Gasteiger partial charge in [-0.25, -0.2) is 0 Å². The minimum atomic E-state index is 0.545. The van der Waals surface area contributed by atoms with E-state index in [2.05, 4.69) is 10.4 Å². The van der Waals surface area contributed by atoms with Crippen molar-refractivity contribution < 1.29 is 0 Å². The van der Waals surface area contributed by atoms with E-state index in [1.165, 1.54) is 0 Å². The predicted molar refractivity (Wildman–Crippen MR) is 47.8 cm³/mol. The van der Waals surface area contributed by atoms with E-state index in [4.69, 9.17) is 5.73 Å². The van der Waals surface area contributed by atoms with Crippen LogP contribution in [0, 0.1) is 0 Å². The number of rotatable bonds is 1. The highest BCUT2D eigenvalue weighted by molar-refractivity contribution is 5.30. The second-order valence-electron chi connectivity index (χ2n) is 3.23. The van der Waals surface area contributed by atoms with Crippen LogP contribution in [0.4, 0.5) is 5.69 Å². The second kappa shape index (κ2) is 3.15. The first-order valence-corrected chi connectivity index (χ1v) is 4.36. The molecule has 0 bridgehead atoms. The van der Waals surface area contributed by atoms with Crippen LogP contribution in [0.25, 0.3) is 0 Å². The van der Waals surface area contributed by atoms with Gasteiger partial charge < -0.3 is 11.1 Å². The highest BCUT2D eigenvalue weighted by Gasteiger charge is 2.14. The Kier molecular flexibility index (Phi) is 1.99. The molecule has 2 heterocycles. The molecular formula is C8H14N4. The van der Waals surface area contributed by atoms with Gasteiger partial charge in [0.05, 0.1) is 17.9 Å². The topological polar surface area (TPSA) is 55.9 Å². The lowest BCUT2D eigenvalue weighted by molar-refractivity contribution is 0.343. The van der Waals surface area contributed by atoms with Crippen LogP contribution in [0.3, 0.4) is 0 Å². The molecule has 1 aromatic heterocycles. The van der Waals surface area contributed by atoms with E-state index < -0.39 is 0 Å². The van der Waals surface area contributed by atoms with Crippen LogP contribution in [-0.2, 0) is 0 Å². The Morgan fingerprint density at radius 2 is 2.25 bits per heavy atom. The molecule has 0 aromatic carbocycles. The first kappa shape index (κ1) is 7.61. The Bertz CT molecular complexity index is 249. The summed E-state index contributed by atoms with van der Waals surface area (Å²) in [7, 11) is 0. The smallest absolute Gasteiger partial charge is 0.0719 e. The van der Waals surface area contributed by atoms with Crippen LogP contribution < -0.4 is 11.1 Å². The van der Waals surface area contributed by atoms with Crippen molar-refractivity contribution in [3.05, 3.63) is 12.4 Å². The zero-order valence-corrected chi connectivity index (χ0v) is 7.03. The number of nitrogen functional groups attached to an aromatic ring is 1. The van der Waals surface area contributed by atoms with Gasteiger partial charge in [0.15, 0.2) is 0 Å². The molecule has 66 valence electrons. The van der Waals surface area contributed by atoms with E-state index in [9.17, 15) is 0 Å². The maximum absolute atomic E-state index is 5.59. The summed E-state index contributed by atoms with van der Waals surface area (Å²) in [6.45, 7) is 2.18. The number of piperidine rings is 1. The van der Waals surface area contributed by atoms with Crippen molar-refractivity contribution in [2.45, 2.75) is 18.9 Å². The van der Waals surface area contributed by atoms with Gasteiger partial charge in [-0.2, -0.15) is 5.10 Å². The quantitative estimate of drug-likeness (QED) is 0.634. The van der Waals surface area contributed by atoms with Crippen LogP contribution in [-0.4, -0.2) is 22.9 Å². The van der Waals surface area contributed by atoms with E-state index in [0.717, 1.165) is 31.6 Å². The summed E-state index contributed by atoms with van der Waals surface area (Å²) in [5, 5.41) is 7.52. The van der Waals surface area contributed by atoms with Crippen LogP contribution in [0.5, 0.6) is 0 Å². The molecule has 0 spiro atoms. The number of aromatic nitrogens is 2. The van der Waals surface area contributed by atoms with Gasteiger partial charge in [-0.05, 0) is 25.9 Å². The zero-order chi connectivity index (χ0) is 8.39. The molecule has 1 aliphatic rings. The van der Waals surface area contributed by atoms with E-state index >= 15 is 0 Å². The Morgan fingerprint density at radius 1 is 1.50 bits per heavy atom. The van der Waals surface area contributed by atoms with Crippen molar-refractivity contribution in [2.24, 2.45) is 0 Å². The molecule has 4 heteroatoms. The summed E-state index contributed by atoms with van der Waals surface area (Å²) in [5.41, 5.74) is 6.34. The highest BCUT2D eigenvalue weighted by atomic mass is 15.3. The van der Waals surface area contributed by atoms with Crippen molar-refractivity contribution in [3.63, 3.8) is 0 Å². The minimum absolute atomic E-state index is 0.545. The van der Waals surface area contributed by atoms with Crippen molar-refractivity contribution in [1.29, 1.82) is 0 Å². The average Bonchev–Trinajstić information content (AvgIpc) is 2.54. The van der Waals surface area contributed by atoms with Gasteiger partial charge in [-0.15, -0.1) is 0 Å². The molecule has 0 amide bonds. The second-order valence-corrected chi connectivity index (χ2v) is 3.23. The van der Waals surface area contributed by atoms with E-state index in [1.807, 2.05) is 10.9 Å². The minimum Gasteiger partial charge on any atom is -0.396 e. The van der Waals surface area contributed by atoms with E-state index in [-0.39, 0.29) is 0 Å². The molecule has 3 N–H and O–H groups in total. The fraction of sp³-hybridized carbons (Fsp3) is 0.625. The van der Waals surface area contributed by atoms with Gasteiger partial charge in [0, 0.05) is 6.20 Å². The van der Waals surface area contributed by atoms with E-state index in [0.29, 0.717) is 6.04 Å². The molecule has 12 heavy (non-hydrogen) atoms. The number of hydrogen-bond donors (Lipinski definition) is 2. The third-order valence-electron chi connectivity index (χ3n) is 2.30. The average molecular weight is 166 g/mol. The maximum Gasteiger partial charge on any atom is 0.0719 e. The Morgan fingerprint density at radius 3 is 2.83 bits per heavy atom. The van der Waals surface area contributed by atoms with Crippen molar-refractivity contribution in [3.8, 4) is 0 Å². The SMILES string of the molecule is Nc1cnn(C2CCNCC2)c1. The van der Waals surface area contributed by atoms with Crippen LogP contribution >= 0.6 is 0 Å². The third-order valence-corrected chi connectivity index (χ3v) is 2.30. The fourth-order valence-electron chi connectivity index (χ4n) is 1.62. The first-order valence-electron chi connectivity index (χ1n) is 4.36. The molecule has 0 saturated carbocycles. The highest BCUT2D eigenvalue weighted by Crippen LogP contribution is 2.17. The zero-order valence-electron chi connectivity index (χ0n) is 7.03. The largest absolute Gasteiger partial charge is 0.396 e.